The van der Waals surface area contributed by atoms with Crippen molar-refractivity contribution in [1.82, 2.24) is 4.57 Å². The molecule has 3 nitrogen and oxygen atoms in total. The second kappa shape index (κ2) is 8.87. The molecule has 5 aliphatic rings. The molecule has 6 aromatic rings. The Labute approximate surface area is 258 Å². The molecule has 0 saturated heterocycles. The zero-order valence-electron chi connectivity index (χ0n) is 24.7. The fourth-order valence-electron chi connectivity index (χ4n) is 10.5. The number of rotatable bonds is 2. The first kappa shape index (κ1) is 24.6. The van der Waals surface area contributed by atoms with Gasteiger partial charge in [0.05, 0.1) is 29.0 Å². The Balaban J connectivity index is 1.20. The lowest BCUT2D eigenvalue weighted by atomic mass is 9.41. The van der Waals surface area contributed by atoms with Crippen molar-refractivity contribution in [3.8, 4) is 5.69 Å². The number of fused-ring (bicyclic) bond motifs is 5. The summed E-state index contributed by atoms with van der Waals surface area (Å²) in [6, 6.07) is 42.4. The van der Waals surface area contributed by atoms with Gasteiger partial charge in [0.15, 0.2) is 5.69 Å². The molecule has 11 rings (SSSR count). The lowest BCUT2D eigenvalue weighted by Gasteiger charge is -2.64. The number of nitrogens with zero attached hydrogens (tertiary/aromatic N) is 3. The summed E-state index contributed by atoms with van der Waals surface area (Å²) in [5, 5.41) is 2.49. The molecule has 1 aliphatic heterocycles. The van der Waals surface area contributed by atoms with Crippen LogP contribution < -0.4 is 4.90 Å². The van der Waals surface area contributed by atoms with Crippen LogP contribution in [0.15, 0.2) is 115 Å². The van der Waals surface area contributed by atoms with Crippen LogP contribution in [-0.4, -0.2) is 4.57 Å². The molecular weight excluding hydrogens is 534 g/mol. The van der Waals surface area contributed by atoms with E-state index in [1.807, 2.05) is 12.1 Å². The Bertz CT molecular complexity index is 2080. The van der Waals surface area contributed by atoms with Gasteiger partial charge in [0.1, 0.15) is 0 Å². The van der Waals surface area contributed by atoms with Gasteiger partial charge in [-0.15, -0.1) is 0 Å². The van der Waals surface area contributed by atoms with Crippen molar-refractivity contribution in [2.45, 2.75) is 37.5 Å². The Morgan fingerprint density at radius 3 is 1.80 bits per heavy atom. The SMILES string of the molecule is [C-]#[N+]c1ccc(-n2c3ccccc3c3cc(N4c5ccccc5C5(c6ccccc64)C4CC6CC(C4)CC5C6)ccc32)cc1. The zero-order valence-corrected chi connectivity index (χ0v) is 24.7. The summed E-state index contributed by atoms with van der Waals surface area (Å²) in [6.45, 7) is 7.40. The van der Waals surface area contributed by atoms with Gasteiger partial charge in [-0.1, -0.05) is 66.7 Å². The monoisotopic (exact) mass is 567 g/mol. The minimum absolute atomic E-state index is 0.120. The van der Waals surface area contributed by atoms with Crippen molar-refractivity contribution in [2.75, 3.05) is 4.90 Å². The maximum Gasteiger partial charge on any atom is 0.187 e. The molecule has 5 aromatic carbocycles. The first-order valence-corrected chi connectivity index (χ1v) is 16.2. The predicted octanol–water partition coefficient (Wildman–Crippen LogP) is 10.9. The quantitative estimate of drug-likeness (QED) is 0.190. The molecule has 4 aliphatic carbocycles. The molecule has 3 heteroatoms. The largest absolute Gasteiger partial charge is 0.310 e. The lowest BCUT2D eigenvalue weighted by molar-refractivity contribution is -0.0419. The van der Waals surface area contributed by atoms with Crippen molar-refractivity contribution in [3.05, 3.63) is 138 Å². The lowest BCUT2D eigenvalue weighted by Crippen LogP contribution is -2.57. The number of hydrogen-bond acceptors (Lipinski definition) is 1. The van der Waals surface area contributed by atoms with E-state index in [1.165, 1.54) is 71.0 Å². The summed E-state index contributed by atoms with van der Waals surface area (Å²) in [4.78, 5) is 6.16. The van der Waals surface area contributed by atoms with Gasteiger partial charge >= 0.3 is 0 Å². The molecule has 0 unspecified atom stereocenters. The summed E-state index contributed by atoms with van der Waals surface area (Å²) in [5.74, 6) is 3.33. The first-order chi connectivity index (χ1) is 21.7. The van der Waals surface area contributed by atoms with Crippen LogP contribution in [0.3, 0.4) is 0 Å². The number of hydrogen-bond donors (Lipinski definition) is 0. The van der Waals surface area contributed by atoms with Crippen molar-refractivity contribution < 1.29 is 0 Å². The van der Waals surface area contributed by atoms with E-state index in [4.69, 9.17) is 6.57 Å². The number of benzene rings is 5. The fourth-order valence-corrected chi connectivity index (χ4v) is 10.5. The summed E-state index contributed by atoms with van der Waals surface area (Å²) >= 11 is 0. The molecule has 4 bridgehead atoms. The molecule has 4 saturated carbocycles. The Morgan fingerprint density at radius 1 is 0.568 bits per heavy atom. The highest BCUT2D eigenvalue weighted by atomic mass is 15.2. The summed E-state index contributed by atoms with van der Waals surface area (Å²) in [7, 11) is 0. The average Bonchev–Trinajstić information content (AvgIpc) is 3.40. The van der Waals surface area contributed by atoms with Crippen LogP contribution >= 0.6 is 0 Å². The highest BCUT2D eigenvalue weighted by Crippen LogP contribution is 2.69. The van der Waals surface area contributed by atoms with Gasteiger partial charge in [-0.25, -0.2) is 4.85 Å². The van der Waals surface area contributed by atoms with Crippen LogP contribution in [0.4, 0.5) is 22.7 Å². The second-order valence-electron chi connectivity index (χ2n) is 13.7. The van der Waals surface area contributed by atoms with Gasteiger partial charge in [0.25, 0.3) is 0 Å². The fraction of sp³-hybridized carbons (Fsp3) is 0.244. The Hall–Kier alpha value is -4.81. The van der Waals surface area contributed by atoms with Crippen LogP contribution in [0.1, 0.15) is 43.2 Å². The third-order valence-electron chi connectivity index (χ3n) is 11.8. The Morgan fingerprint density at radius 2 is 1.14 bits per heavy atom. The second-order valence-corrected chi connectivity index (χ2v) is 13.7. The summed E-state index contributed by atoms with van der Waals surface area (Å²) in [6.07, 6.45) is 7.02. The van der Waals surface area contributed by atoms with Crippen LogP contribution in [-0.2, 0) is 5.41 Å². The highest BCUT2D eigenvalue weighted by Gasteiger charge is 2.61. The molecule has 4 fully saturated rings. The molecule has 1 spiro atoms. The number of anilines is 3. The number of aromatic nitrogens is 1. The molecule has 212 valence electrons. The van der Waals surface area contributed by atoms with E-state index in [9.17, 15) is 0 Å². The van der Waals surface area contributed by atoms with Crippen LogP contribution in [0, 0.1) is 30.2 Å². The molecule has 0 N–H and O–H groups in total. The number of para-hydroxylation sites is 3. The van der Waals surface area contributed by atoms with E-state index >= 15 is 0 Å². The highest BCUT2D eigenvalue weighted by molar-refractivity contribution is 6.11. The molecular formula is C41H33N3. The smallest absolute Gasteiger partial charge is 0.187 e. The van der Waals surface area contributed by atoms with E-state index in [-0.39, 0.29) is 5.41 Å². The standard InChI is InChI=1S/C41H33N3/c1-42-30-14-16-31(17-15-30)43-37-11-5-2-8-33(37)34-25-32(18-19-38(34)43)44-39-12-6-3-9-35(39)41(36-10-4-7-13-40(36)44)28-21-26-20-27(23-28)24-29(41)22-26/h2-19,25-29H,20-24H2. The molecule has 44 heavy (non-hydrogen) atoms. The maximum absolute atomic E-state index is 7.40. The van der Waals surface area contributed by atoms with Crippen molar-refractivity contribution >= 4 is 44.6 Å². The van der Waals surface area contributed by atoms with Gasteiger partial charge in [0, 0.05) is 27.6 Å². The van der Waals surface area contributed by atoms with Gasteiger partial charge in [-0.05, 0) is 115 Å². The maximum atomic E-state index is 7.40. The average molecular weight is 568 g/mol. The van der Waals surface area contributed by atoms with Gasteiger partial charge < -0.3 is 9.47 Å². The molecule has 0 radical (unpaired) electrons. The Kier molecular flexibility index (Phi) is 4.96. The van der Waals surface area contributed by atoms with Crippen molar-refractivity contribution in [1.29, 1.82) is 0 Å². The summed E-state index contributed by atoms with van der Waals surface area (Å²) < 4.78 is 2.34. The third-order valence-corrected chi connectivity index (χ3v) is 11.8. The van der Waals surface area contributed by atoms with Crippen molar-refractivity contribution in [3.63, 3.8) is 0 Å². The molecule has 1 aromatic heterocycles. The summed E-state index contributed by atoms with van der Waals surface area (Å²) in [5.41, 5.74) is 11.3. The first-order valence-electron chi connectivity index (χ1n) is 16.2. The van der Waals surface area contributed by atoms with Gasteiger partial charge in [-0.2, -0.15) is 0 Å². The van der Waals surface area contributed by atoms with Crippen LogP contribution in [0.5, 0.6) is 0 Å². The van der Waals surface area contributed by atoms with Crippen LogP contribution in [0.2, 0.25) is 0 Å². The van der Waals surface area contributed by atoms with E-state index in [0.717, 1.165) is 29.4 Å². The predicted molar refractivity (Wildman–Crippen MR) is 180 cm³/mol. The minimum atomic E-state index is 0.120. The molecule has 0 atom stereocenters. The van der Waals surface area contributed by atoms with Crippen molar-refractivity contribution in [2.24, 2.45) is 23.7 Å². The van der Waals surface area contributed by atoms with E-state index in [1.54, 1.807) is 11.1 Å². The topological polar surface area (TPSA) is 12.5 Å². The van der Waals surface area contributed by atoms with Gasteiger partial charge in [-0.3, -0.25) is 0 Å². The van der Waals surface area contributed by atoms with E-state index in [2.05, 4.69) is 117 Å². The van der Waals surface area contributed by atoms with E-state index in [0.29, 0.717) is 5.69 Å². The van der Waals surface area contributed by atoms with Gasteiger partial charge in [0.2, 0.25) is 0 Å². The van der Waals surface area contributed by atoms with E-state index < -0.39 is 0 Å². The molecule has 0 amide bonds. The zero-order chi connectivity index (χ0) is 29.0. The third kappa shape index (κ3) is 3.11. The minimum Gasteiger partial charge on any atom is -0.310 e. The normalized spacial score (nSPS) is 24.0. The molecule has 2 heterocycles. The van der Waals surface area contributed by atoms with Crippen LogP contribution in [0.25, 0.3) is 32.3 Å².